The summed E-state index contributed by atoms with van der Waals surface area (Å²) in [5.74, 6) is 0.358. The number of amides is 1. The number of hydrogen-bond donors (Lipinski definition) is 1. The molecule has 28 heavy (non-hydrogen) atoms. The highest BCUT2D eigenvalue weighted by atomic mass is 127. The third-order valence-corrected chi connectivity index (χ3v) is 4.74. The average Bonchev–Trinajstić information content (AvgIpc) is 2.65. The van der Waals surface area contributed by atoms with Crippen molar-refractivity contribution in [3.05, 3.63) is 47.3 Å². The van der Waals surface area contributed by atoms with Crippen molar-refractivity contribution >= 4 is 47.4 Å². The number of guanidine groups is 1. The maximum atomic E-state index is 14.0. The van der Waals surface area contributed by atoms with Crippen LogP contribution in [0, 0.1) is 5.82 Å². The van der Waals surface area contributed by atoms with Gasteiger partial charge < -0.3 is 15.1 Å². The number of likely N-dealkylation sites (N-methyl/N-ethyl adjacent to an activating group) is 1. The van der Waals surface area contributed by atoms with Crippen molar-refractivity contribution in [1.82, 2.24) is 20.0 Å². The second-order valence-electron chi connectivity index (χ2n) is 6.56. The van der Waals surface area contributed by atoms with Gasteiger partial charge >= 0.3 is 0 Å². The van der Waals surface area contributed by atoms with Crippen LogP contribution < -0.4 is 5.32 Å². The van der Waals surface area contributed by atoms with Crippen LogP contribution in [0.15, 0.2) is 35.8 Å². The number of rotatable bonds is 6. The normalized spacial score (nSPS) is 15.0. The Hall–Kier alpha value is -1.39. The smallest absolute Gasteiger partial charge is 0.243 e. The summed E-state index contributed by atoms with van der Waals surface area (Å²) in [6.07, 6.45) is 1.75. The number of nitrogens with one attached hydrogen (secondary N) is 1. The summed E-state index contributed by atoms with van der Waals surface area (Å²) in [5, 5.41) is 3.66. The minimum Gasteiger partial charge on any atom is -0.353 e. The number of hydrogen-bond acceptors (Lipinski definition) is 3. The highest BCUT2D eigenvalue weighted by Gasteiger charge is 2.21. The zero-order valence-electron chi connectivity index (χ0n) is 16.3. The third kappa shape index (κ3) is 7.21. The second kappa shape index (κ2) is 12.2. The highest BCUT2D eigenvalue weighted by molar-refractivity contribution is 14.0. The van der Waals surface area contributed by atoms with Gasteiger partial charge in [-0.15, -0.1) is 30.6 Å². The van der Waals surface area contributed by atoms with Gasteiger partial charge in [0.25, 0.3) is 0 Å². The molecule has 1 aromatic carbocycles. The van der Waals surface area contributed by atoms with Gasteiger partial charge in [0.1, 0.15) is 12.4 Å². The van der Waals surface area contributed by atoms with Crippen molar-refractivity contribution in [3.63, 3.8) is 0 Å². The fraction of sp³-hybridized carbons (Fsp3) is 0.474. The van der Waals surface area contributed by atoms with Crippen molar-refractivity contribution in [2.24, 2.45) is 4.99 Å². The Morgan fingerprint density at radius 2 is 2.04 bits per heavy atom. The molecule has 1 amide bonds. The molecular formula is C19H28ClFIN5O. The molecule has 1 fully saturated rings. The lowest BCUT2D eigenvalue weighted by Crippen LogP contribution is -2.52. The van der Waals surface area contributed by atoms with Crippen molar-refractivity contribution in [1.29, 1.82) is 0 Å². The summed E-state index contributed by atoms with van der Waals surface area (Å²) < 4.78 is 14.0. The van der Waals surface area contributed by atoms with E-state index >= 15 is 0 Å². The zero-order valence-corrected chi connectivity index (χ0v) is 19.4. The molecule has 156 valence electrons. The van der Waals surface area contributed by atoms with Crippen molar-refractivity contribution in [2.45, 2.75) is 6.54 Å². The van der Waals surface area contributed by atoms with E-state index in [1.165, 1.54) is 11.0 Å². The van der Waals surface area contributed by atoms with Gasteiger partial charge in [-0.1, -0.05) is 23.7 Å². The van der Waals surface area contributed by atoms with Crippen LogP contribution in [0.4, 0.5) is 4.39 Å². The lowest BCUT2D eigenvalue weighted by Gasteiger charge is -2.36. The van der Waals surface area contributed by atoms with Gasteiger partial charge in [-0.2, -0.15) is 0 Å². The first kappa shape index (κ1) is 24.6. The molecule has 1 N–H and O–H groups in total. The van der Waals surface area contributed by atoms with Gasteiger partial charge in [0.2, 0.25) is 5.91 Å². The van der Waals surface area contributed by atoms with Crippen LogP contribution in [-0.2, 0) is 11.3 Å². The summed E-state index contributed by atoms with van der Waals surface area (Å²) in [7, 11) is 3.42. The summed E-state index contributed by atoms with van der Waals surface area (Å²) in [6.45, 7) is 7.81. The van der Waals surface area contributed by atoms with Crippen LogP contribution >= 0.6 is 35.6 Å². The van der Waals surface area contributed by atoms with Crippen LogP contribution in [0.3, 0.4) is 0 Å². The van der Waals surface area contributed by atoms with Gasteiger partial charge in [-0.25, -0.2) is 9.38 Å². The number of halogens is 3. The number of benzene rings is 1. The van der Waals surface area contributed by atoms with E-state index < -0.39 is 0 Å². The Balaban J connectivity index is 0.00000392. The van der Waals surface area contributed by atoms with Gasteiger partial charge in [-0.05, 0) is 12.1 Å². The fourth-order valence-corrected chi connectivity index (χ4v) is 2.96. The molecule has 0 aromatic heterocycles. The van der Waals surface area contributed by atoms with Gasteiger partial charge in [0.15, 0.2) is 5.96 Å². The Morgan fingerprint density at radius 3 is 2.61 bits per heavy atom. The predicted octanol–water partition coefficient (Wildman–Crippen LogP) is 2.43. The summed E-state index contributed by atoms with van der Waals surface area (Å²) in [5.41, 5.74) is 0.530. The quantitative estimate of drug-likeness (QED) is 0.269. The van der Waals surface area contributed by atoms with E-state index in [9.17, 15) is 9.18 Å². The van der Waals surface area contributed by atoms with Crippen LogP contribution in [0.25, 0.3) is 0 Å². The minimum atomic E-state index is -0.276. The molecule has 9 heteroatoms. The lowest BCUT2D eigenvalue weighted by molar-refractivity contribution is -0.127. The van der Waals surface area contributed by atoms with Gasteiger partial charge in [-0.3, -0.25) is 9.69 Å². The molecule has 1 aliphatic heterocycles. The van der Waals surface area contributed by atoms with Gasteiger partial charge in [0, 0.05) is 63.9 Å². The average molecular weight is 524 g/mol. The predicted molar refractivity (Wildman–Crippen MR) is 123 cm³/mol. The molecule has 6 nitrogen and oxygen atoms in total. The molecule has 0 spiro atoms. The Labute approximate surface area is 188 Å². The second-order valence-corrected chi connectivity index (χ2v) is 6.97. The summed E-state index contributed by atoms with van der Waals surface area (Å²) >= 11 is 6.13. The maximum Gasteiger partial charge on any atom is 0.243 e. The highest BCUT2D eigenvalue weighted by Crippen LogP contribution is 2.21. The molecule has 0 atom stereocenters. The maximum absolute atomic E-state index is 14.0. The van der Waals surface area contributed by atoms with Crippen LogP contribution in [0.2, 0.25) is 5.02 Å². The molecular weight excluding hydrogens is 496 g/mol. The van der Waals surface area contributed by atoms with E-state index in [1.54, 1.807) is 32.3 Å². The molecule has 0 bridgehead atoms. The summed E-state index contributed by atoms with van der Waals surface area (Å²) in [4.78, 5) is 22.0. The Bertz CT molecular complexity index is 673. The largest absolute Gasteiger partial charge is 0.353 e. The van der Waals surface area contributed by atoms with E-state index in [0.717, 1.165) is 26.2 Å². The molecule has 1 aliphatic rings. The van der Waals surface area contributed by atoms with Crippen LogP contribution in [0.1, 0.15) is 5.56 Å². The lowest BCUT2D eigenvalue weighted by atomic mass is 10.2. The summed E-state index contributed by atoms with van der Waals surface area (Å²) in [6, 6.07) is 4.76. The molecule has 1 saturated heterocycles. The number of carbonyl (C=O) groups is 1. The Kier molecular flexibility index (Phi) is 10.8. The fourth-order valence-electron chi connectivity index (χ4n) is 2.74. The van der Waals surface area contributed by atoms with E-state index in [1.807, 2.05) is 0 Å². The van der Waals surface area contributed by atoms with Crippen LogP contribution in [-0.4, -0.2) is 79.9 Å². The molecule has 0 radical (unpaired) electrons. The SMILES string of the molecule is C=CCNC(=NCC(=O)N(C)C)N1CCN(Cc2c(F)cccc2Cl)CC1.I. The number of aliphatic imine (C=N–C) groups is 1. The Morgan fingerprint density at radius 1 is 1.36 bits per heavy atom. The topological polar surface area (TPSA) is 51.2 Å². The van der Waals surface area contributed by atoms with Crippen molar-refractivity contribution in [2.75, 3.05) is 53.4 Å². The zero-order chi connectivity index (χ0) is 19.8. The first-order valence-corrected chi connectivity index (χ1v) is 9.29. The van der Waals surface area contributed by atoms with Crippen molar-refractivity contribution in [3.8, 4) is 0 Å². The first-order chi connectivity index (χ1) is 12.9. The molecule has 0 saturated carbocycles. The molecule has 1 heterocycles. The van der Waals surface area contributed by atoms with Crippen molar-refractivity contribution < 1.29 is 9.18 Å². The first-order valence-electron chi connectivity index (χ1n) is 8.92. The standard InChI is InChI=1S/C19H27ClFN5O.HI/c1-4-8-22-19(23-13-18(27)24(2)3)26-11-9-25(10-12-26)14-15-16(20)6-5-7-17(15)21;/h4-7H,1,8-14H2,2-3H3,(H,22,23);1H. The third-order valence-electron chi connectivity index (χ3n) is 4.38. The van der Waals surface area contributed by atoms with E-state index in [0.29, 0.717) is 29.6 Å². The molecule has 0 unspecified atom stereocenters. The number of nitrogens with zero attached hydrogens (tertiary/aromatic N) is 4. The molecule has 1 aromatic rings. The molecule has 0 aliphatic carbocycles. The number of piperazine rings is 1. The van der Waals surface area contributed by atoms with Gasteiger partial charge in [0.05, 0.1) is 0 Å². The van der Waals surface area contributed by atoms with E-state index in [4.69, 9.17) is 11.6 Å². The van der Waals surface area contributed by atoms with E-state index in [-0.39, 0.29) is 42.2 Å². The van der Waals surface area contributed by atoms with E-state index in [2.05, 4.69) is 26.7 Å². The molecule has 2 rings (SSSR count). The monoisotopic (exact) mass is 523 g/mol. The number of carbonyl (C=O) groups excluding carboxylic acids is 1. The minimum absolute atomic E-state index is 0. The van der Waals surface area contributed by atoms with Crippen LogP contribution in [0.5, 0.6) is 0 Å².